The van der Waals surface area contributed by atoms with Crippen molar-refractivity contribution in [1.82, 2.24) is 10.2 Å². The predicted molar refractivity (Wildman–Crippen MR) is 175 cm³/mol. The fourth-order valence-corrected chi connectivity index (χ4v) is 7.00. The lowest BCUT2D eigenvalue weighted by molar-refractivity contribution is -0.117. The van der Waals surface area contributed by atoms with Crippen molar-refractivity contribution in [1.29, 1.82) is 0 Å². The molecule has 1 atom stereocenters. The van der Waals surface area contributed by atoms with E-state index in [1.165, 1.54) is 34.1 Å². The highest BCUT2D eigenvalue weighted by Crippen LogP contribution is 2.45. The minimum Gasteiger partial charge on any atom is -0.503 e. The van der Waals surface area contributed by atoms with Crippen molar-refractivity contribution >= 4 is 69.2 Å². The molecule has 1 amide bonds. The zero-order valence-corrected chi connectivity index (χ0v) is 26.8. The molecule has 4 aromatic rings. The van der Waals surface area contributed by atoms with Crippen LogP contribution in [0.2, 0.25) is 10.0 Å². The van der Waals surface area contributed by atoms with E-state index >= 15 is 0 Å². The molecule has 1 aromatic heterocycles. The van der Waals surface area contributed by atoms with Crippen LogP contribution in [0.1, 0.15) is 36.6 Å². The van der Waals surface area contributed by atoms with Gasteiger partial charge in [-0.05, 0) is 60.9 Å². The molecule has 44 heavy (non-hydrogen) atoms. The van der Waals surface area contributed by atoms with E-state index in [0.29, 0.717) is 50.4 Å². The molecule has 1 N–H and O–H groups in total. The lowest BCUT2D eigenvalue weighted by Gasteiger charge is -2.24. The van der Waals surface area contributed by atoms with E-state index in [1.807, 2.05) is 50.2 Å². The largest absolute Gasteiger partial charge is 0.503 e. The number of thioether (sulfide) groups is 1. The number of ether oxygens (including phenoxy) is 2. The summed E-state index contributed by atoms with van der Waals surface area (Å²) in [5.74, 6) is -0.458. The fraction of sp³-hybridized carbons (Fsp3) is 0.188. The summed E-state index contributed by atoms with van der Waals surface area (Å²) < 4.78 is 12.1. The van der Waals surface area contributed by atoms with Crippen LogP contribution >= 0.6 is 46.3 Å². The molecule has 0 saturated carbocycles. The van der Waals surface area contributed by atoms with Gasteiger partial charge in [0, 0.05) is 15.8 Å². The van der Waals surface area contributed by atoms with E-state index in [0.717, 1.165) is 11.1 Å². The molecule has 1 unspecified atom stereocenters. The molecule has 0 aliphatic carbocycles. The van der Waals surface area contributed by atoms with E-state index in [4.69, 9.17) is 32.7 Å². The average molecular weight is 669 g/mol. The molecule has 2 heterocycles. The van der Waals surface area contributed by atoms with Gasteiger partial charge in [-0.2, -0.15) is 0 Å². The van der Waals surface area contributed by atoms with Gasteiger partial charge >= 0.3 is 0 Å². The van der Waals surface area contributed by atoms with Crippen LogP contribution in [0.3, 0.4) is 0 Å². The number of rotatable bonds is 12. The zero-order valence-electron chi connectivity index (χ0n) is 23.7. The van der Waals surface area contributed by atoms with E-state index < -0.39 is 23.5 Å². The Morgan fingerprint density at radius 2 is 1.77 bits per heavy atom. The van der Waals surface area contributed by atoms with Crippen molar-refractivity contribution in [3.8, 4) is 11.5 Å². The number of aromatic nitrogens is 2. The highest BCUT2D eigenvalue weighted by Gasteiger charge is 2.45. The number of benzene rings is 3. The Labute approximate surface area is 272 Å². The zero-order chi connectivity index (χ0) is 31.2. The Hall–Kier alpha value is -3.83. The van der Waals surface area contributed by atoms with Gasteiger partial charge in [-0.15, -0.1) is 10.2 Å². The first-order chi connectivity index (χ1) is 21.3. The van der Waals surface area contributed by atoms with E-state index in [1.54, 1.807) is 36.4 Å². The third-order valence-electron chi connectivity index (χ3n) is 6.55. The van der Waals surface area contributed by atoms with Crippen molar-refractivity contribution in [3.63, 3.8) is 0 Å². The lowest BCUT2D eigenvalue weighted by Crippen LogP contribution is -2.31. The Balaban J connectivity index is 1.51. The number of hydrogen-bond acceptors (Lipinski definition) is 9. The van der Waals surface area contributed by atoms with Gasteiger partial charge in [0.2, 0.25) is 5.13 Å². The number of aliphatic hydroxyl groups excluding tert-OH is 1. The molecule has 0 spiro atoms. The number of halogens is 2. The first-order valence-electron chi connectivity index (χ1n) is 13.6. The second-order valence-corrected chi connectivity index (χ2v) is 12.4. The molecular weight excluding hydrogens is 641 g/mol. The second kappa shape index (κ2) is 14.3. The maximum atomic E-state index is 13.6. The quantitative estimate of drug-likeness (QED) is 0.0918. The van der Waals surface area contributed by atoms with Gasteiger partial charge in [0.15, 0.2) is 27.4 Å². The normalized spacial score (nSPS) is 15.0. The Morgan fingerprint density at radius 1 is 1.02 bits per heavy atom. The Kier molecular flexibility index (Phi) is 10.3. The molecule has 12 heteroatoms. The predicted octanol–water partition coefficient (Wildman–Crippen LogP) is 8.12. The first-order valence-corrected chi connectivity index (χ1v) is 16.2. The van der Waals surface area contributed by atoms with Crippen molar-refractivity contribution in [3.05, 3.63) is 111 Å². The van der Waals surface area contributed by atoms with Crippen LogP contribution in [0.5, 0.6) is 11.5 Å². The van der Waals surface area contributed by atoms with E-state index in [9.17, 15) is 14.7 Å². The highest BCUT2D eigenvalue weighted by molar-refractivity contribution is 8.00. The minimum absolute atomic E-state index is 0.0776. The second-order valence-electron chi connectivity index (χ2n) is 9.40. The molecule has 0 saturated heterocycles. The van der Waals surface area contributed by atoms with E-state index in [2.05, 4.69) is 10.2 Å². The van der Waals surface area contributed by atoms with Gasteiger partial charge < -0.3 is 14.6 Å². The van der Waals surface area contributed by atoms with Crippen LogP contribution in [0, 0.1) is 0 Å². The number of allylic oxidation sites excluding steroid dienone is 1. The van der Waals surface area contributed by atoms with Crippen molar-refractivity contribution in [2.45, 2.75) is 30.0 Å². The molecule has 226 valence electrons. The van der Waals surface area contributed by atoms with Gasteiger partial charge in [0.25, 0.3) is 5.91 Å². The number of aliphatic hydroxyl groups is 1. The number of carbonyl (C=O) groups excluding carboxylic acids is 2. The van der Waals surface area contributed by atoms with Crippen LogP contribution in [-0.4, -0.2) is 40.2 Å². The summed E-state index contributed by atoms with van der Waals surface area (Å²) in [7, 11) is 0. The summed E-state index contributed by atoms with van der Waals surface area (Å²) in [6.07, 6.45) is 2.98. The minimum atomic E-state index is -0.998. The van der Waals surface area contributed by atoms with Gasteiger partial charge in [-0.1, -0.05) is 94.8 Å². The van der Waals surface area contributed by atoms with Crippen molar-refractivity contribution in [2.75, 3.05) is 18.1 Å². The number of carbonyl (C=O) groups is 2. The summed E-state index contributed by atoms with van der Waals surface area (Å²) in [6, 6.07) is 18.7. The molecule has 3 aromatic carbocycles. The molecule has 5 rings (SSSR count). The van der Waals surface area contributed by atoms with Gasteiger partial charge in [-0.3, -0.25) is 14.5 Å². The summed E-state index contributed by atoms with van der Waals surface area (Å²) in [4.78, 5) is 28.5. The SMILES string of the molecule is CCOc1ccc(C2C(C(=O)/C=C/c3ccccc3)=C(O)C(=O)N2c2nnc(SCc3ccc(Cl)cc3Cl)s2)cc1OCC. The molecule has 1 aliphatic heterocycles. The number of amides is 1. The molecule has 0 radical (unpaired) electrons. The van der Waals surface area contributed by atoms with Gasteiger partial charge in [-0.25, -0.2) is 0 Å². The highest BCUT2D eigenvalue weighted by atomic mass is 35.5. The molecule has 1 aliphatic rings. The Morgan fingerprint density at radius 3 is 2.50 bits per heavy atom. The third-order valence-corrected chi connectivity index (χ3v) is 9.24. The smallest absolute Gasteiger partial charge is 0.296 e. The van der Waals surface area contributed by atoms with Crippen LogP contribution in [0.15, 0.2) is 88.5 Å². The molecule has 0 bridgehead atoms. The molecular formula is C32H27Cl2N3O5S2. The molecule has 0 fully saturated rings. The number of nitrogens with zero attached hydrogens (tertiary/aromatic N) is 3. The topological polar surface area (TPSA) is 102 Å². The summed E-state index contributed by atoms with van der Waals surface area (Å²) in [5.41, 5.74) is 2.11. The molecule has 8 nitrogen and oxygen atoms in total. The lowest BCUT2D eigenvalue weighted by atomic mass is 9.95. The number of anilines is 1. The van der Waals surface area contributed by atoms with Gasteiger partial charge in [0.1, 0.15) is 0 Å². The third kappa shape index (κ3) is 6.94. The fourth-order valence-electron chi connectivity index (χ4n) is 4.57. The summed E-state index contributed by atoms with van der Waals surface area (Å²) >= 11 is 14.9. The van der Waals surface area contributed by atoms with Gasteiger partial charge in [0.05, 0.1) is 24.8 Å². The van der Waals surface area contributed by atoms with Crippen molar-refractivity contribution in [2.24, 2.45) is 0 Å². The van der Waals surface area contributed by atoms with Crippen LogP contribution in [0.4, 0.5) is 5.13 Å². The van der Waals surface area contributed by atoms with Crippen LogP contribution < -0.4 is 14.4 Å². The average Bonchev–Trinajstić information content (AvgIpc) is 3.59. The van der Waals surface area contributed by atoms with Crippen molar-refractivity contribution < 1.29 is 24.2 Å². The number of hydrogen-bond donors (Lipinski definition) is 1. The maximum Gasteiger partial charge on any atom is 0.296 e. The Bertz CT molecular complexity index is 1740. The maximum absolute atomic E-state index is 13.6. The monoisotopic (exact) mass is 667 g/mol. The standard InChI is InChI=1S/C32H27Cl2N3O5S2/c1-3-41-25-15-12-20(16-26(25)42-4-2)28-27(24(38)14-10-19-8-6-5-7-9-19)29(39)30(40)37(28)31-35-36-32(44-31)43-18-21-11-13-22(33)17-23(21)34/h5-17,28,39H,3-4,18H2,1-2H3/b14-10+. The first kappa shape index (κ1) is 31.6. The number of ketones is 1. The summed E-state index contributed by atoms with van der Waals surface area (Å²) in [5, 5.41) is 21.0. The summed E-state index contributed by atoms with van der Waals surface area (Å²) in [6.45, 7) is 4.51. The van der Waals surface area contributed by atoms with Crippen LogP contribution in [-0.2, 0) is 15.3 Å². The van der Waals surface area contributed by atoms with E-state index in [-0.39, 0.29) is 10.7 Å². The van der Waals surface area contributed by atoms with Crippen LogP contribution in [0.25, 0.3) is 6.08 Å².